The highest BCUT2D eigenvalue weighted by atomic mass is 32.2. The van der Waals surface area contributed by atoms with Crippen molar-refractivity contribution in [1.82, 2.24) is 9.97 Å². The molecule has 0 fully saturated rings. The van der Waals surface area contributed by atoms with Crippen LogP contribution in [0.4, 0.5) is 14.5 Å². The van der Waals surface area contributed by atoms with E-state index in [2.05, 4.69) is 15.3 Å². The van der Waals surface area contributed by atoms with E-state index < -0.39 is 22.8 Å². The van der Waals surface area contributed by atoms with E-state index in [1.807, 2.05) is 6.92 Å². The molecule has 1 aromatic heterocycles. The molecule has 0 saturated carbocycles. The Morgan fingerprint density at radius 3 is 2.79 bits per heavy atom. The van der Waals surface area contributed by atoms with E-state index in [0.29, 0.717) is 23.3 Å². The number of hydrogen-bond donors (Lipinski definition) is 2. The number of aryl methyl sites for hydroxylation is 1. The molecule has 24 heavy (non-hydrogen) atoms. The van der Waals surface area contributed by atoms with Crippen LogP contribution < -0.4 is 10.9 Å². The lowest BCUT2D eigenvalue weighted by atomic mass is 10.2. The topological polar surface area (TPSA) is 74.8 Å². The fourth-order valence-corrected chi connectivity index (χ4v) is 2.80. The van der Waals surface area contributed by atoms with Gasteiger partial charge in [0.25, 0.3) is 5.56 Å². The molecule has 2 rings (SSSR count). The van der Waals surface area contributed by atoms with Crippen LogP contribution in [0.2, 0.25) is 0 Å². The van der Waals surface area contributed by atoms with Gasteiger partial charge in [-0.25, -0.2) is 13.8 Å². The van der Waals surface area contributed by atoms with Crippen molar-refractivity contribution < 1.29 is 13.6 Å². The number of carbonyl (C=O) groups excluding carboxylic acids is 1. The zero-order chi connectivity index (χ0) is 17.7. The highest BCUT2D eigenvalue weighted by Crippen LogP contribution is 2.21. The molecule has 0 aliphatic heterocycles. The molecule has 2 aromatic rings. The van der Waals surface area contributed by atoms with Gasteiger partial charge < -0.3 is 10.3 Å². The molecule has 1 unspecified atom stereocenters. The lowest BCUT2D eigenvalue weighted by molar-refractivity contribution is -0.115. The zero-order valence-corrected chi connectivity index (χ0v) is 14.0. The molecule has 0 aliphatic carbocycles. The van der Waals surface area contributed by atoms with E-state index >= 15 is 0 Å². The summed E-state index contributed by atoms with van der Waals surface area (Å²) in [5, 5.41) is 2.09. The number of benzene rings is 1. The first kappa shape index (κ1) is 18.1. The Morgan fingerprint density at radius 1 is 1.38 bits per heavy atom. The number of aromatic nitrogens is 2. The highest BCUT2D eigenvalue weighted by molar-refractivity contribution is 8.00. The Morgan fingerprint density at radius 2 is 2.12 bits per heavy atom. The van der Waals surface area contributed by atoms with Gasteiger partial charge in [0.05, 0.1) is 10.9 Å². The summed E-state index contributed by atoms with van der Waals surface area (Å²) < 4.78 is 26.4. The van der Waals surface area contributed by atoms with Crippen LogP contribution in [0.15, 0.2) is 34.2 Å². The maximum absolute atomic E-state index is 13.6. The second-order valence-corrected chi connectivity index (χ2v) is 6.49. The lowest BCUT2D eigenvalue weighted by Crippen LogP contribution is -2.24. The van der Waals surface area contributed by atoms with Crippen molar-refractivity contribution >= 4 is 23.4 Å². The number of H-pyrrole nitrogens is 1. The monoisotopic (exact) mass is 353 g/mol. The summed E-state index contributed by atoms with van der Waals surface area (Å²) in [4.78, 5) is 30.6. The number of anilines is 1. The number of nitrogens with zero attached hydrogens (tertiary/aromatic N) is 1. The van der Waals surface area contributed by atoms with Gasteiger partial charge in [-0.1, -0.05) is 25.1 Å². The molecule has 0 saturated heterocycles. The van der Waals surface area contributed by atoms with Crippen LogP contribution in [-0.2, 0) is 11.2 Å². The van der Waals surface area contributed by atoms with E-state index in [9.17, 15) is 18.4 Å². The van der Waals surface area contributed by atoms with Crippen molar-refractivity contribution in [2.45, 2.75) is 37.1 Å². The first-order valence-electron chi connectivity index (χ1n) is 7.42. The predicted molar refractivity (Wildman–Crippen MR) is 89.2 cm³/mol. The molecular weight excluding hydrogens is 336 g/mol. The molecule has 2 N–H and O–H groups in total. The number of hydrogen-bond acceptors (Lipinski definition) is 4. The molecule has 0 spiro atoms. The van der Waals surface area contributed by atoms with E-state index in [1.54, 1.807) is 6.92 Å². The van der Waals surface area contributed by atoms with Gasteiger partial charge in [-0.3, -0.25) is 9.59 Å². The molecule has 8 heteroatoms. The standard InChI is InChI=1S/C16H17F2N3O2S/c1-3-4-11-8-14(22)21-16(19-11)24-9(2)15(23)20-13-6-5-10(17)7-12(13)18/h5-9H,3-4H2,1-2H3,(H,20,23)(H,19,21,22). The predicted octanol–water partition coefficient (Wildman–Crippen LogP) is 3.12. The summed E-state index contributed by atoms with van der Waals surface area (Å²) in [5.41, 5.74) is 0.268. The van der Waals surface area contributed by atoms with Crippen molar-refractivity contribution in [3.8, 4) is 0 Å². The Hall–Kier alpha value is -2.22. The van der Waals surface area contributed by atoms with Crippen LogP contribution >= 0.6 is 11.8 Å². The third-order valence-electron chi connectivity index (χ3n) is 3.13. The minimum Gasteiger partial charge on any atom is -0.323 e. The number of carbonyl (C=O) groups is 1. The zero-order valence-electron chi connectivity index (χ0n) is 13.2. The van der Waals surface area contributed by atoms with Crippen molar-refractivity contribution in [3.05, 3.63) is 51.9 Å². The first-order valence-corrected chi connectivity index (χ1v) is 8.29. The maximum atomic E-state index is 13.6. The fraction of sp³-hybridized carbons (Fsp3) is 0.312. The summed E-state index contributed by atoms with van der Waals surface area (Å²) in [5.74, 6) is -2.05. The Bertz CT molecular complexity index is 795. The van der Waals surface area contributed by atoms with Crippen molar-refractivity contribution in [2.75, 3.05) is 5.32 Å². The molecule has 1 heterocycles. The van der Waals surface area contributed by atoms with E-state index in [1.165, 1.54) is 6.07 Å². The Kier molecular flexibility index (Phi) is 6.08. The van der Waals surface area contributed by atoms with Crippen molar-refractivity contribution in [2.24, 2.45) is 0 Å². The van der Waals surface area contributed by atoms with Gasteiger partial charge in [0.1, 0.15) is 11.6 Å². The molecule has 128 valence electrons. The van der Waals surface area contributed by atoms with Gasteiger partial charge in [-0.2, -0.15) is 0 Å². The van der Waals surface area contributed by atoms with Crippen LogP contribution in [0.3, 0.4) is 0 Å². The number of rotatable bonds is 6. The summed E-state index contributed by atoms with van der Waals surface area (Å²) >= 11 is 1.06. The minimum atomic E-state index is -0.850. The van der Waals surface area contributed by atoms with Gasteiger partial charge in [-0.15, -0.1) is 0 Å². The summed E-state index contributed by atoms with van der Waals surface area (Å²) in [7, 11) is 0. The van der Waals surface area contributed by atoms with Crippen LogP contribution in [0.1, 0.15) is 26.0 Å². The average Bonchev–Trinajstić information content (AvgIpc) is 2.49. The normalized spacial score (nSPS) is 12.0. The van der Waals surface area contributed by atoms with Crippen molar-refractivity contribution in [1.29, 1.82) is 0 Å². The second kappa shape index (κ2) is 8.05. The van der Waals surface area contributed by atoms with E-state index in [-0.39, 0.29) is 11.2 Å². The quantitative estimate of drug-likeness (QED) is 0.618. The minimum absolute atomic E-state index is 0.102. The van der Waals surface area contributed by atoms with E-state index in [4.69, 9.17) is 0 Å². The number of aromatic amines is 1. The first-order chi connectivity index (χ1) is 11.4. The highest BCUT2D eigenvalue weighted by Gasteiger charge is 2.18. The van der Waals surface area contributed by atoms with Gasteiger partial charge in [0.15, 0.2) is 5.16 Å². The molecule has 1 aromatic carbocycles. The molecule has 5 nitrogen and oxygen atoms in total. The second-order valence-electron chi connectivity index (χ2n) is 5.17. The van der Waals surface area contributed by atoms with Gasteiger partial charge >= 0.3 is 0 Å². The third kappa shape index (κ3) is 4.89. The van der Waals surface area contributed by atoms with Gasteiger partial charge in [0, 0.05) is 17.8 Å². The SMILES string of the molecule is CCCc1cc(=O)[nH]c(SC(C)C(=O)Nc2ccc(F)cc2F)n1. The molecule has 0 bridgehead atoms. The van der Waals surface area contributed by atoms with Gasteiger partial charge in [-0.05, 0) is 25.5 Å². The molecule has 0 radical (unpaired) electrons. The van der Waals surface area contributed by atoms with Crippen LogP contribution in [0.25, 0.3) is 0 Å². The Labute approximate surface area is 141 Å². The number of thioether (sulfide) groups is 1. The average molecular weight is 353 g/mol. The molecule has 0 aliphatic rings. The third-order valence-corrected chi connectivity index (χ3v) is 4.11. The van der Waals surface area contributed by atoms with Crippen molar-refractivity contribution in [3.63, 3.8) is 0 Å². The molecule has 1 atom stereocenters. The fourth-order valence-electron chi connectivity index (χ4n) is 1.97. The number of halogens is 2. The summed E-state index contributed by atoms with van der Waals surface area (Å²) in [6.45, 7) is 3.58. The number of nitrogens with one attached hydrogen (secondary N) is 2. The molecule has 1 amide bonds. The molecular formula is C16H17F2N3O2S. The summed E-state index contributed by atoms with van der Waals surface area (Å²) in [6, 6.07) is 4.33. The van der Waals surface area contributed by atoms with Crippen LogP contribution in [0.5, 0.6) is 0 Å². The largest absolute Gasteiger partial charge is 0.323 e. The number of amides is 1. The summed E-state index contributed by atoms with van der Waals surface area (Å²) in [6.07, 6.45) is 1.51. The lowest BCUT2D eigenvalue weighted by Gasteiger charge is -2.12. The Balaban J connectivity index is 2.07. The van der Waals surface area contributed by atoms with Crippen LogP contribution in [0, 0.1) is 11.6 Å². The van der Waals surface area contributed by atoms with Crippen LogP contribution in [-0.4, -0.2) is 21.1 Å². The van der Waals surface area contributed by atoms with E-state index in [0.717, 1.165) is 30.3 Å². The maximum Gasteiger partial charge on any atom is 0.251 e. The smallest absolute Gasteiger partial charge is 0.251 e. The van der Waals surface area contributed by atoms with Gasteiger partial charge in [0.2, 0.25) is 5.91 Å².